The molecular formula is C19H32N4O2. The van der Waals surface area contributed by atoms with Gasteiger partial charge in [-0.05, 0) is 19.8 Å². The largest absolute Gasteiger partial charge is 0.378 e. The Labute approximate surface area is 150 Å². The van der Waals surface area contributed by atoms with Gasteiger partial charge in [-0.3, -0.25) is 4.79 Å². The second-order valence-corrected chi connectivity index (χ2v) is 8.33. The van der Waals surface area contributed by atoms with Crippen molar-refractivity contribution in [3.63, 3.8) is 0 Å². The zero-order valence-electron chi connectivity index (χ0n) is 16.0. The van der Waals surface area contributed by atoms with Crippen molar-refractivity contribution in [2.75, 3.05) is 32.8 Å². The summed E-state index contributed by atoms with van der Waals surface area (Å²) in [6.07, 6.45) is 4.51. The summed E-state index contributed by atoms with van der Waals surface area (Å²) in [6.45, 7) is 13.1. The van der Waals surface area contributed by atoms with Crippen LogP contribution in [0.1, 0.15) is 58.0 Å². The number of carbonyl (C=O) groups excluding carboxylic acids is 1. The maximum absolute atomic E-state index is 12.5. The van der Waals surface area contributed by atoms with Crippen molar-refractivity contribution in [2.24, 2.45) is 0 Å². The fourth-order valence-corrected chi connectivity index (χ4v) is 3.59. The van der Waals surface area contributed by atoms with Gasteiger partial charge in [-0.15, -0.1) is 0 Å². The van der Waals surface area contributed by atoms with Crippen LogP contribution >= 0.6 is 0 Å². The summed E-state index contributed by atoms with van der Waals surface area (Å²) in [7, 11) is 0. The Morgan fingerprint density at radius 2 is 2.08 bits per heavy atom. The first kappa shape index (κ1) is 18.4. The Kier molecular flexibility index (Phi) is 5.49. The minimum atomic E-state index is -0.162. The van der Waals surface area contributed by atoms with Gasteiger partial charge in [0.25, 0.3) is 0 Å². The number of aryl methyl sites for hydroxylation is 1. The van der Waals surface area contributed by atoms with Crippen molar-refractivity contribution in [1.82, 2.24) is 19.8 Å². The van der Waals surface area contributed by atoms with Gasteiger partial charge >= 0.3 is 0 Å². The molecule has 0 radical (unpaired) electrons. The Morgan fingerprint density at radius 1 is 1.36 bits per heavy atom. The third-order valence-corrected chi connectivity index (χ3v) is 5.26. The smallest absolute Gasteiger partial charge is 0.239 e. The highest BCUT2D eigenvalue weighted by Gasteiger charge is 2.28. The van der Waals surface area contributed by atoms with Crippen LogP contribution in [-0.4, -0.2) is 59.2 Å². The molecule has 6 nitrogen and oxygen atoms in total. The van der Waals surface area contributed by atoms with E-state index in [1.807, 2.05) is 11.8 Å². The Morgan fingerprint density at radius 3 is 2.76 bits per heavy atom. The minimum absolute atomic E-state index is 0.0713. The summed E-state index contributed by atoms with van der Waals surface area (Å²) >= 11 is 0. The Hall–Kier alpha value is -1.40. The van der Waals surface area contributed by atoms with Crippen LogP contribution in [0.5, 0.6) is 0 Å². The van der Waals surface area contributed by atoms with E-state index in [0.29, 0.717) is 32.2 Å². The molecule has 140 valence electrons. The van der Waals surface area contributed by atoms with Crippen LogP contribution in [0.4, 0.5) is 0 Å². The quantitative estimate of drug-likeness (QED) is 0.903. The second kappa shape index (κ2) is 7.46. The molecule has 3 rings (SSSR count). The molecule has 1 saturated heterocycles. The van der Waals surface area contributed by atoms with Gasteiger partial charge in [0.05, 0.1) is 24.9 Å². The molecule has 2 aliphatic heterocycles. The number of rotatable bonds is 4. The molecule has 0 aromatic carbocycles. The average molecular weight is 348 g/mol. The van der Waals surface area contributed by atoms with Gasteiger partial charge < -0.3 is 19.5 Å². The molecule has 3 heterocycles. The molecule has 0 aliphatic carbocycles. The molecular weight excluding hydrogens is 316 g/mol. The first-order valence-electron chi connectivity index (χ1n) is 9.53. The predicted molar refractivity (Wildman–Crippen MR) is 97.8 cm³/mol. The van der Waals surface area contributed by atoms with E-state index in [0.717, 1.165) is 25.2 Å². The molecule has 0 saturated carbocycles. The van der Waals surface area contributed by atoms with Crippen LogP contribution in [0.3, 0.4) is 0 Å². The van der Waals surface area contributed by atoms with Gasteiger partial charge in [-0.1, -0.05) is 20.8 Å². The van der Waals surface area contributed by atoms with Crippen molar-refractivity contribution in [1.29, 1.82) is 0 Å². The molecule has 1 fully saturated rings. The molecule has 1 amide bonds. The number of nitrogens with zero attached hydrogens (tertiary/aromatic N) is 3. The lowest BCUT2D eigenvalue weighted by Crippen LogP contribution is -2.50. The highest BCUT2D eigenvalue weighted by Crippen LogP contribution is 2.30. The van der Waals surface area contributed by atoms with Gasteiger partial charge in [0, 0.05) is 43.7 Å². The molecule has 25 heavy (non-hydrogen) atoms. The predicted octanol–water partition coefficient (Wildman–Crippen LogP) is 1.89. The molecule has 1 aromatic rings. The summed E-state index contributed by atoms with van der Waals surface area (Å²) in [5.41, 5.74) is 1.23. The fraction of sp³-hybridized carbons (Fsp3) is 0.789. The lowest BCUT2D eigenvalue weighted by atomic mass is 9.93. The van der Waals surface area contributed by atoms with Crippen LogP contribution in [0.15, 0.2) is 6.20 Å². The maximum Gasteiger partial charge on any atom is 0.239 e. The molecule has 2 atom stereocenters. The molecule has 1 N–H and O–H groups in total. The molecule has 1 aromatic heterocycles. The van der Waals surface area contributed by atoms with Crippen LogP contribution in [0, 0.1) is 0 Å². The van der Waals surface area contributed by atoms with Gasteiger partial charge in [0.2, 0.25) is 5.91 Å². The first-order valence-corrected chi connectivity index (χ1v) is 9.53. The van der Waals surface area contributed by atoms with Crippen molar-refractivity contribution >= 4 is 5.91 Å². The number of hydrogen-bond acceptors (Lipinski definition) is 4. The van der Waals surface area contributed by atoms with E-state index < -0.39 is 0 Å². The third-order valence-electron chi connectivity index (χ3n) is 5.26. The topological polar surface area (TPSA) is 59.4 Å². The van der Waals surface area contributed by atoms with Crippen LogP contribution < -0.4 is 5.32 Å². The number of fused-ring (bicyclic) bond motifs is 1. The second-order valence-electron chi connectivity index (χ2n) is 8.33. The van der Waals surface area contributed by atoms with Gasteiger partial charge in [0.15, 0.2) is 0 Å². The van der Waals surface area contributed by atoms with E-state index in [9.17, 15) is 4.79 Å². The van der Waals surface area contributed by atoms with Crippen LogP contribution in [-0.2, 0) is 21.5 Å². The molecule has 0 unspecified atom stereocenters. The number of ether oxygens (including phenoxy) is 1. The lowest BCUT2D eigenvalue weighted by Gasteiger charge is -2.30. The van der Waals surface area contributed by atoms with Gasteiger partial charge in [-0.25, -0.2) is 4.98 Å². The van der Waals surface area contributed by atoms with E-state index in [-0.39, 0.29) is 17.4 Å². The number of imidazole rings is 1. The van der Waals surface area contributed by atoms with E-state index in [4.69, 9.17) is 9.72 Å². The first-order chi connectivity index (χ1) is 11.9. The van der Waals surface area contributed by atoms with E-state index in [1.165, 1.54) is 12.2 Å². The number of aromatic nitrogens is 2. The summed E-state index contributed by atoms with van der Waals surface area (Å²) in [6, 6.07) is -0.162. The van der Waals surface area contributed by atoms with Crippen molar-refractivity contribution in [3.8, 4) is 0 Å². The standard InChI is InChI=1S/C19H32N4O2/c1-14(18(24)22-8-10-25-11-9-22)20-12-15-6-5-7-23-13-16(19(2,3)4)21-17(15)23/h13-15,20H,5-12H2,1-4H3/t14-,15+/m1/s1. The zero-order valence-corrected chi connectivity index (χ0v) is 16.0. The molecule has 6 heteroatoms. The average Bonchev–Trinajstić information content (AvgIpc) is 3.05. The van der Waals surface area contributed by atoms with Crippen molar-refractivity contribution in [2.45, 2.75) is 64.5 Å². The monoisotopic (exact) mass is 348 g/mol. The normalized spacial score (nSPS) is 22.6. The van der Waals surface area contributed by atoms with E-state index >= 15 is 0 Å². The third kappa shape index (κ3) is 4.23. The number of nitrogens with one attached hydrogen (secondary N) is 1. The van der Waals surface area contributed by atoms with E-state index in [1.54, 1.807) is 0 Å². The SMILES string of the molecule is C[C@@H](NC[C@@H]1CCCn2cc(C(C)(C)C)nc21)C(=O)N1CCOCC1. The van der Waals surface area contributed by atoms with Crippen molar-refractivity contribution < 1.29 is 9.53 Å². The number of hydrogen-bond donors (Lipinski definition) is 1. The lowest BCUT2D eigenvalue weighted by molar-refractivity contribution is -0.137. The summed E-state index contributed by atoms with van der Waals surface area (Å²) in [5.74, 6) is 1.73. The number of amides is 1. The maximum atomic E-state index is 12.5. The summed E-state index contributed by atoms with van der Waals surface area (Å²) in [5, 5.41) is 3.45. The highest BCUT2D eigenvalue weighted by molar-refractivity contribution is 5.81. The van der Waals surface area contributed by atoms with Crippen molar-refractivity contribution in [3.05, 3.63) is 17.7 Å². The van der Waals surface area contributed by atoms with E-state index in [2.05, 4.69) is 36.9 Å². The minimum Gasteiger partial charge on any atom is -0.378 e. The Balaban J connectivity index is 1.60. The van der Waals surface area contributed by atoms with Crippen LogP contribution in [0.25, 0.3) is 0 Å². The van der Waals surface area contributed by atoms with Gasteiger partial charge in [-0.2, -0.15) is 0 Å². The molecule has 0 bridgehead atoms. The number of carbonyl (C=O) groups is 1. The summed E-state index contributed by atoms with van der Waals surface area (Å²) in [4.78, 5) is 19.4. The number of morpholine rings is 1. The Bertz CT molecular complexity index is 599. The fourth-order valence-electron chi connectivity index (χ4n) is 3.59. The highest BCUT2D eigenvalue weighted by atomic mass is 16.5. The van der Waals surface area contributed by atoms with Gasteiger partial charge in [0.1, 0.15) is 5.82 Å². The molecule has 0 spiro atoms. The van der Waals surface area contributed by atoms with Crippen LogP contribution in [0.2, 0.25) is 0 Å². The zero-order chi connectivity index (χ0) is 18.0. The molecule has 2 aliphatic rings. The summed E-state index contributed by atoms with van der Waals surface area (Å²) < 4.78 is 7.64.